The first-order valence-corrected chi connectivity index (χ1v) is 4.18. The summed E-state index contributed by atoms with van der Waals surface area (Å²) in [6.45, 7) is 2.17. The molecule has 0 aromatic carbocycles. The van der Waals surface area contributed by atoms with Gasteiger partial charge in [-0.1, -0.05) is 11.6 Å². The van der Waals surface area contributed by atoms with E-state index in [1.165, 1.54) is 12.3 Å². The van der Waals surface area contributed by atoms with Gasteiger partial charge < -0.3 is 14.8 Å². The molecular formula is C7H9BClNO3. The summed E-state index contributed by atoms with van der Waals surface area (Å²) in [4.78, 5) is 3.76. The lowest BCUT2D eigenvalue weighted by molar-refractivity contribution is 0.339. The molecule has 0 aliphatic carbocycles. The van der Waals surface area contributed by atoms with Gasteiger partial charge in [-0.05, 0) is 13.0 Å². The van der Waals surface area contributed by atoms with Gasteiger partial charge in [-0.15, -0.1) is 0 Å². The average molecular weight is 201 g/mol. The Morgan fingerprint density at radius 2 is 2.31 bits per heavy atom. The number of hydrogen-bond donors (Lipinski definition) is 2. The van der Waals surface area contributed by atoms with Crippen molar-refractivity contribution in [2.24, 2.45) is 0 Å². The van der Waals surface area contributed by atoms with Gasteiger partial charge in [0.25, 0.3) is 0 Å². The smallest absolute Gasteiger partial charge is 0.491 e. The minimum Gasteiger partial charge on any atom is -0.491 e. The maximum Gasteiger partial charge on any atom is 0.492 e. The number of hydrogen-bond acceptors (Lipinski definition) is 4. The molecule has 70 valence electrons. The highest BCUT2D eigenvalue weighted by Gasteiger charge is 2.19. The van der Waals surface area contributed by atoms with Gasteiger partial charge in [0.05, 0.1) is 6.61 Å². The molecule has 0 saturated heterocycles. The minimum absolute atomic E-state index is 0.132. The Balaban J connectivity index is 3.09. The van der Waals surface area contributed by atoms with E-state index >= 15 is 0 Å². The molecule has 0 bridgehead atoms. The Labute approximate surface area is 81.3 Å². The fraction of sp³-hybridized carbons (Fsp3) is 0.286. The molecule has 0 radical (unpaired) electrons. The Hall–Kier alpha value is -0.775. The van der Waals surface area contributed by atoms with Crippen molar-refractivity contribution < 1.29 is 14.8 Å². The second kappa shape index (κ2) is 4.46. The monoisotopic (exact) mass is 201 g/mol. The Bertz CT molecular complexity index is 295. The molecule has 1 heterocycles. The first-order valence-electron chi connectivity index (χ1n) is 3.80. The van der Waals surface area contributed by atoms with Crippen LogP contribution in [-0.4, -0.2) is 28.8 Å². The van der Waals surface area contributed by atoms with E-state index in [-0.39, 0.29) is 16.4 Å². The van der Waals surface area contributed by atoms with Crippen molar-refractivity contribution in [3.8, 4) is 5.75 Å². The third kappa shape index (κ3) is 2.34. The number of rotatable bonds is 3. The average Bonchev–Trinajstić information content (AvgIpc) is 2.08. The van der Waals surface area contributed by atoms with E-state index in [1.54, 1.807) is 6.92 Å². The fourth-order valence-corrected chi connectivity index (χ4v) is 1.15. The lowest BCUT2D eigenvalue weighted by Crippen LogP contribution is -2.31. The molecule has 1 rings (SSSR count). The van der Waals surface area contributed by atoms with Crippen LogP contribution in [0.5, 0.6) is 5.75 Å². The molecule has 0 amide bonds. The van der Waals surface area contributed by atoms with Crippen LogP contribution in [0.15, 0.2) is 12.3 Å². The SMILES string of the molecule is CCOc1c(B(O)O)ccnc1Cl. The largest absolute Gasteiger partial charge is 0.492 e. The van der Waals surface area contributed by atoms with Crippen molar-refractivity contribution >= 4 is 24.2 Å². The normalized spacial score (nSPS) is 9.85. The maximum atomic E-state index is 8.94. The van der Waals surface area contributed by atoms with E-state index in [9.17, 15) is 0 Å². The van der Waals surface area contributed by atoms with E-state index in [2.05, 4.69) is 4.98 Å². The molecule has 4 nitrogen and oxygen atoms in total. The van der Waals surface area contributed by atoms with Crippen molar-refractivity contribution in [3.63, 3.8) is 0 Å². The zero-order valence-electron chi connectivity index (χ0n) is 7.07. The van der Waals surface area contributed by atoms with Crippen LogP contribution in [0.2, 0.25) is 5.15 Å². The van der Waals surface area contributed by atoms with Gasteiger partial charge in [0.1, 0.15) is 0 Å². The number of halogens is 1. The summed E-state index contributed by atoms with van der Waals surface area (Å²) in [5.41, 5.74) is 0.224. The van der Waals surface area contributed by atoms with Crippen molar-refractivity contribution in [3.05, 3.63) is 17.4 Å². The summed E-state index contributed by atoms with van der Waals surface area (Å²) in [5, 5.41) is 18.0. The second-order valence-electron chi connectivity index (χ2n) is 2.33. The van der Waals surface area contributed by atoms with E-state index in [0.717, 1.165) is 0 Å². The van der Waals surface area contributed by atoms with Crippen LogP contribution < -0.4 is 10.2 Å². The topological polar surface area (TPSA) is 62.6 Å². The number of nitrogens with zero attached hydrogens (tertiary/aromatic N) is 1. The highest BCUT2D eigenvalue weighted by molar-refractivity contribution is 6.60. The van der Waals surface area contributed by atoms with Crippen LogP contribution in [0.3, 0.4) is 0 Å². The van der Waals surface area contributed by atoms with Gasteiger partial charge in [0.15, 0.2) is 10.9 Å². The summed E-state index contributed by atoms with van der Waals surface area (Å²) in [5.74, 6) is 0.224. The first kappa shape index (κ1) is 10.3. The van der Waals surface area contributed by atoms with Gasteiger partial charge in [0, 0.05) is 11.7 Å². The summed E-state index contributed by atoms with van der Waals surface area (Å²) in [7, 11) is -1.60. The number of pyridine rings is 1. The van der Waals surface area contributed by atoms with Crippen LogP contribution in [-0.2, 0) is 0 Å². The van der Waals surface area contributed by atoms with Crippen molar-refractivity contribution in [2.75, 3.05) is 6.61 Å². The molecule has 0 fully saturated rings. The standard InChI is InChI=1S/C7H9BClNO3/c1-2-13-6-5(8(11)12)3-4-10-7(6)9/h3-4,11-12H,2H2,1H3. The first-order chi connectivity index (χ1) is 6.16. The van der Waals surface area contributed by atoms with Crippen molar-refractivity contribution in [1.82, 2.24) is 4.98 Å². The van der Waals surface area contributed by atoms with Crippen molar-refractivity contribution in [2.45, 2.75) is 6.92 Å². The Morgan fingerprint density at radius 3 is 2.85 bits per heavy atom. The second-order valence-corrected chi connectivity index (χ2v) is 2.68. The number of aromatic nitrogens is 1. The summed E-state index contributed by atoms with van der Waals surface area (Å²) < 4.78 is 5.11. The van der Waals surface area contributed by atoms with E-state index in [0.29, 0.717) is 6.61 Å². The lowest BCUT2D eigenvalue weighted by atomic mass is 9.80. The molecule has 0 saturated carbocycles. The third-order valence-corrected chi connectivity index (χ3v) is 1.73. The molecule has 0 spiro atoms. The van der Waals surface area contributed by atoms with Gasteiger partial charge in [-0.25, -0.2) is 4.98 Å². The third-order valence-electron chi connectivity index (χ3n) is 1.46. The van der Waals surface area contributed by atoms with Crippen LogP contribution in [0.25, 0.3) is 0 Å². The molecule has 13 heavy (non-hydrogen) atoms. The summed E-state index contributed by atoms with van der Waals surface area (Å²) in [6, 6.07) is 1.45. The predicted molar refractivity (Wildman–Crippen MR) is 50.2 cm³/mol. The molecule has 0 aliphatic rings. The molecular weight excluding hydrogens is 192 g/mol. The fourth-order valence-electron chi connectivity index (χ4n) is 0.927. The molecule has 1 aromatic heterocycles. The lowest BCUT2D eigenvalue weighted by Gasteiger charge is -2.09. The molecule has 1 aromatic rings. The van der Waals surface area contributed by atoms with Gasteiger partial charge in [-0.2, -0.15) is 0 Å². The van der Waals surface area contributed by atoms with Crippen LogP contribution in [0, 0.1) is 0 Å². The molecule has 6 heteroatoms. The van der Waals surface area contributed by atoms with Gasteiger partial charge >= 0.3 is 7.12 Å². The van der Waals surface area contributed by atoms with Crippen LogP contribution in [0.1, 0.15) is 6.92 Å². The molecule has 0 atom stereocenters. The zero-order valence-corrected chi connectivity index (χ0v) is 7.82. The van der Waals surface area contributed by atoms with Crippen LogP contribution in [0.4, 0.5) is 0 Å². The zero-order chi connectivity index (χ0) is 9.84. The van der Waals surface area contributed by atoms with Crippen molar-refractivity contribution in [1.29, 1.82) is 0 Å². The number of ether oxygens (including phenoxy) is 1. The van der Waals surface area contributed by atoms with Gasteiger partial charge in [0.2, 0.25) is 0 Å². The minimum atomic E-state index is -1.60. The quantitative estimate of drug-likeness (QED) is 0.526. The highest BCUT2D eigenvalue weighted by atomic mass is 35.5. The Morgan fingerprint density at radius 1 is 1.62 bits per heavy atom. The van der Waals surface area contributed by atoms with E-state index < -0.39 is 7.12 Å². The molecule has 0 aliphatic heterocycles. The van der Waals surface area contributed by atoms with E-state index in [4.69, 9.17) is 26.4 Å². The molecule has 0 unspecified atom stereocenters. The Kier molecular flexibility index (Phi) is 3.53. The van der Waals surface area contributed by atoms with Gasteiger partial charge in [-0.3, -0.25) is 0 Å². The predicted octanol–water partition coefficient (Wildman–Crippen LogP) is -0.186. The van der Waals surface area contributed by atoms with E-state index in [1.807, 2.05) is 0 Å². The van der Waals surface area contributed by atoms with Crippen LogP contribution >= 0.6 is 11.6 Å². The molecule has 2 N–H and O–H groups in total. The maximum absolute atomic E-state index is 8.94. The highest BCUT2D eigenvalue weighted by Crippen LogP contribution is 2.18. The summed E-state index contributed by atoms with van der Waals surface area (Å²) >= 11 is 5.69. The summed E-state index contributed by atoms with van der Waals surface area (Å²) in [6.07, 6.45) is 1.39.